The molecule has 3 N–H and O–H groups in total. The van der Waals surface area contributed by atoms with E-state index in [1.165, 1.54) is 31.4 Å². The largest absolute Gasteiger partial charge is 0.495 e. The lowest BCUT2D eigenvalue weighted by atomic mass is 9.98. The SMILES string of the molecule is COc1ccc(S(=O)(=O)Nc2ccc(N3CCC(C)CC3)c(C(=O)O)c2)cc1Cl.O=C(O)C(F)(F)F. The highest BCUT2D eigenvalue weighted by molar-refractivity contribution is 7.92. The van der Waals surface area contributed by atoms with E-state index in [0.717, 1.165) is 25.9 Å². The van der Waals surface area contributed by atoms with Gasteiger partial charge in [-0.3, -0.25) is 4.72 Å². The van der Waals surface area contributed by atoms with Crippen LogP contribution in [-0.2, 0) is 14.8 Å². The number of carbonyl (C=O) groups is 2. The van der Waals surface area contributed by atoms with Crippen molar-refractivity contribution in [2.24, 2.45) is 5.92 Å². The number of methoxy groups -OCH3 is 1. The summed E-state index contributed by atoms with van der Waals surface area (Å²) in [6.07, 6.45) is -3.10. The third-order valence-electron chi connectivity index (χ3n) is 5.28. The molecule has 1 aliphatic rings. The van der Waals surface area contributed by atoms with E-state index in [4.69, 9.17) is 26.2 Å². The summed E-state index contributed by atoms with van der Waals surface area (Å²) in [5.74, 6) is -2.89. The Labute approximate surface area is 210 Å². The number of carboxylic acids is 2. The topological polar surface area (TPSA) is 133 Å². The van der Waals surface area contributed by atoms with Crippen LogP contribution in [0.15, 0.2) is 41.3 Å². The van der Waals surface area contributed by atoms with Crippen LogP contribution in [0.25, 0.3) is 0 Å². The molecule has 1 fully saturated rings. The fourth-order valence-electron chi connectivity index (χ4n) is 3.32. The number of alkyl halides is 3. The summed E-state index contributed by atoms with van der Waals surface area (Å²) in [6.45, 7) is 3.73. The van der Waals surface area contributed by atoms with Crippen molar-refractivity contribution >= 4 is 44.9 Å². The molecule has 0 saturated carbocycles. The molecule has 0 radical (unpaired) electrons. The Bertz CT molecular complexity index is 1210. The number of aromatic carboxylic acids is 1. The van der Waals surface area contributed by atoms with Crippen molar-refractivity contribution in [2.45, 2.75) is 30.8 Å². The van der Waals surface area contributed by atoms with Crippen molar-refractivity contribution < 1.29 is 46.1 Å². The molecular weight excluding hydrogens is 529 g/mol. The first-order chi connectivity index (χ1) is 16.7. The first kappa shape index (κ1) is 29.0. The van der Waals surface area contributed by atoms with Gasteiger partial charge in [0.25, 0.3) is 10.0 Å². The van der Waals surface area contributed by atoms with Crippen molar-refractivity contribution in [3.63, 3.8) is 0 Å². The molecule has 36 heavy (non-hydrogen) atoms. The number of halogens is 4. The predicted octanol–water partition coefficient (Wildman–Crippen LogP) is 4.72. The number of aliphatic carboxylic acids is 1. The van der Waals surface area contributed by atoms with Gasteiger partial charge in [-0.15, -0.1) is 0 Å². The lowest BCUT2D eigenvalue weighted by Gasteiger charge is -2.33. The molecule has 1 heterocycles. The number of hydrogen-bond donors (Lipinski definition) is 3. The second-order valence-electron chi connectivity index (χ2n) is 7.91. The quantitative estimate of drug-likeness (QED) is 0.469. The molecule has 198 valence electrons. The molecule has 9 nitrogen and oxygen atoms in total. The molecule has 3 rings (SSSR count). The van der Waals surface area contributed by atoms with Crippen molar-refractivity contribution in [3.05, 3.63) is 47.0 Å². The van der Waals surface area contributed by atoms with Gasteiger partial charge in [0.2, 0.25) is 0 Å². The van der Waals surface area contributed by atoms with Gasteiger partial charge in [0.1, 0.15) is 5.75 Å². The first-order valence-electron chi connectivity index (χ1n) is 10.4. The third kappa shape index (κ3) is 7.65. The Morgan fingerprint density at radius 3 is 2.17 bits per heavy atom. The van der Waals surface area contributed by atoms with Gasteiger partial charge in [0.15, 0.2) is 0 Å². The number of carboxylic acid groups (broad SMARTS) is 2. The summed E-state index contributed by atoms with van der Waals surface area (Å²) in [5.41, 5.74) is 0.829. The van der Waals surface area contributed by atoms with E-state index >= 15 is 0 Å². The molecule has 0 aromatic heterocycles. The number of sulfonamides is 1. The fourth-order valence-corrected chi connectivity index (χ4v) is 4.72. The summed E-state index contributed by atoms with van der Waals surface area (Å²) in [6, 6.07) is 8.68. The van der Waals surface area contributed by atoms with Crippen LogP contribution in [0.4, 0.5) is 24.5 Å². The summed E-state index contributed by atoms with van der Waals surface area (Å²) in [5, 5.41) is 16.9. The molecule has 0 amide bonds. The molecule has 14 heteroatoms. The minimum Gasteiger partial charge on any atom is -0.495 e. The minimum absolute atomic E-state index is 0.0470. The molecule has 2 aromatic carbocycles. The zero-order valence-corrected chi connectivity index (χ0v) is 20.7. The van der Waals surface area contributed by atoms with E-state index in [1.807, 2.05) is 4.90 Å². The van der Waals surface area contributed by atoms with Crippen LogP contribution in [0.5, 0.6) is 5.75 Å². The first-order valence-corrected chi connectivity index (χ1v) is 12.3. The van der Waals surface area contributed by atoms with Crippen molar-refractivity contribution in [2.75, 3.05) is 29.8 Å². The maximum Gasteiger partial charge on any atom is 0.490 e. The van der Waals surface area contributed by atoms with Crippen molar-refractivity contribution in [1.29, 1.82) is 0 Å². The number of benzene rings is 2. The van der Waals surface area contributed by atoms with E-state index in [-0.39, 0.29) is 21.2 Å². The smallest absolute Gasteiger partial charge is 0.490 e. The van der Waals surface area contributed by atoms with Gasteiger partial charge >= 0.3 is 18.1 Å². The summed E-state index contributed by atoms with van der Waals surface area (Å²) in [4.78, 5) is 22.7. The number of ether oxygens (including phenoxy) is 1. The normalized spacial score (nSPS) is 14.4. The van der Waals surface area contributed by atoms with E-state index in [2.05, 4.69) is 11.6 Å². The Morgan fingerprint density at radius 2 is 1.69 bits per heavy atom. The Hall–Kier alpha value is -3.19. The van der Waals surface area contributed by atoms with Crippen molar-refractivity contribution in [3.8, 4) is 5.75 Å². The van der Waals surface area contributed by atoms with Gasteiger partial charge in [-0.25, -0.2) is 18.0 Å². The standard InChI is InChI=1S/C20H23ClN2O5S.C2HF3O2/c1-13-7-9-23(10-8-13)18-5-3-14(11-16(18)20(24)25)22-29(26,27)15-4-6-19(28-2)17(21)12-15;3-2(4,5)1(6)7/h3-6,11-13,22H,7-10H2,1-2H3,(H,24,25);(H,6,7). The predicted molar refractivity (Wildman–Crippen MR) is 127 cm³/mol. The third-order valence-corrected chi connectivity index (χ3v) is 6.95. The second kappa shape index (κ2) is 11.7. The molecule has 0 aliphatic carbocycles. The second-order valence-corrected chi connectivity index (χ2v) is 10.0. The van der Waals surface area contributed by atoms with Gasteiger partial charge in [0.05, 0.1) is 28.3 Å². The highest BCUT2D eigenvalue weighted by atomic mass is 35.5. The molecule has 0 atom stereocenters. The maximum atomic E-state index is 12.7. The zero-order chi connectivity index (χ0) is 27.3. The lowest BCUT2D eigenvalue weighted by molar-refractivity contribution is -0.192. The lowest BCUT2D eigenvalue weighted by Crippen LogP contribution is -2.33. The average Bonchev–Trinajstić information content (AvgIpc) is 2.79. The van der Waals surface area contributed by atoms with Crippen LogP contribution in [0.3, 0.4) is 0 Å². The maximum absolute atomic E-state index is 12.7. The number of hydrogen-bond acceptors (Lipinski definition) is 6. The van der Waals surface area contributed by atoms with Crippen LogP contribution in [-0.4, -0.2) is 56.9 Å². The number of nitrogens with one attached hydrogen (secondary N) is 1. The van der Waals surface area contributed by atoms with E-state index in [1.54, 1.807) is 12.1 Å². The van der Waals surface area contributed by atoms with Gasteiger partial charge in [-0.2, -0.15) is 13.2 Å². The van der Waals surface area contributed by atoms with Crippen LogP contribution in [0.2, 0.25) is 5.02 Å². The van der Waals surface area contributed by atoms with Gasteiger partial charge < -0.3 is 19.8 Å². The van der Waals surface area contributed by atoms with Gasteiger partial charge in [0, 0.05) is 18.8 Å². The molecule has 1 saturated heterocycles. The van der Waals surface area contributed by atoms with Gasteiger partial charge in [-0.1, -0.05) is 18.5 Å². The van der Waals surface area contributed by atoms with E-state index in [0.29, 0.717) is 17.4 Å². The summed E-state index contributed by atoms with van der Waals surface area (Å²) >= 11 is 6.02. The van der Waals surface area contributed by atoms with Gasteiger partial charge in [-0.05, 0) is 55.2 Å². The van der Waals surface area contributed by atoms with Crippen LogP contribution in [0.1, 0.15) is 30.1 Å². The minimum atomic E-state index is -5.08. The Morgan fingerprint density at radius 1 is 1.11 bits per heavy atom. The average molecular weight is 553 g/mol. The zero-order valence-electron chi connectivity index (χ0n) is 19.2. The molecule has 2 aromatic rings. The van der Waals surface area contributed by atoms with Crippen LogP contribution in [0, 0.1) is 5.92 Å². The van der Waals surface area contributed by atoms with Crippen LogP contribution < -0.4 is 14.4 Å². The summed E-state index contributed by atoms with van der Waals surface area (Å²) in [7, 11) is -2.51. The molecule has 0 spiro atoms. The molecule has 1 aliphatic heterocycles. The molecular formula is C22H24ClF3N2O7S. The number of anilines is 2. The Kier molecular flexibility index (Phi) is 9.44. The monoisotopic (exact) mass is 552 g/mol. The van der Waals surface area contributed by atoms with E-state index in [9.17, 15) is 31.5 Å². The van der Waals surface area contributed by atoms with E-state index < -0.39 is 28.1 Å². The number of piperidine rings is 1. The number of nitrogens with zero attached hydrogens (tertiary/aromatic N) is 1. The fraction of sp³-hybridized carbons (Fsp3) is 0.364. The van der Waals surface area contributed by atoms with Crippen LogP contribution >= 0.6 is 11.6 Å². The highest BCUT2D eigenvalue weighted by Crippen LogP contribution is 2.31. The highest BCUT2D eigenvalue weighted by Gasteiger charge is 2.38. The van der Waals surface area contributed by atoms with Crippen molar-refractivity contribution in [1.82, 2.24) is 0 Å². The number of rotatable bonds is 6. The summed E-state index contributed by atoms with van der Waals surface area (Å²) < 4.78 is 64.6. The molecule has 0 unspecified atom stereocenters. The molecule has 0 bridgehead atoms. The Balaban J connectivity index is 0.000000572.